The number of nitro groups is 1. The lowest BCUT2D eigenvalue weighted by atomic mass is 10.2. The first-order valence-electron chi connectivity index (χ1n) is 3.08. The highest BCUT2D eigenvalue weighted by Gasteiger charge is 2.16. The van der Waals surface area contributed by atoms with Crippen LogP contribution in [0.5, 0.6) is 0 Å². The summed E-state index contributed by atoms with van der Waals surface area (Å²) in [6.45, 7) is 2.34. The van der Waals surface area contributed by atoms with Gasteiger partial charge in [-0.2, -0.15) is 0 Å². The quantitative estimate of drug-likeness (QED) is 0.403. The van der Waals surface area contributed by atoms with Crippen molar-refractivity contribution >= 4 is 5.71 Å². The average molecular weight is 140 g/mol. The van der Waals surface area contributed by atoms with Crippen LogP contribution in [-0.2, 0) is 0 Å². The van der Waals surface area contributed by atoms with Crippen molar-refractivity contribution in [1.82, 2.24) is 0 Å². The largest absolute Gasteiger partial charge is 0.286 e. The lowest BCUT2D eigenvalue weighted by Crippen LogP contribution is -2.11. The van der Waals surface area contributed by atoms with Crippen molar-refractivity contribution in [3.63, 3.8) is 0 Å². The van der Waals surface area contributed by atoms with Crippen molar-refractivity contribution in [2.24, 2.45) is 4.99 Å². The van der Waals surface area contributed by atoms with E-state index in [-0.39, 0.29) is 5.70 Å². The maximum absolute atomic E-state index is 10.2. The average Bonchev–Trinajstić information content (AvgIpc) is 1.88. The molecule has 0 saturated heterocycles. The summed E-state index contributed by atoms with van der Waals surface area (Å²) in [5.41, 5.74) is 0.697. The minimum absolute atomic E-state index is 0.159. The van der Waals surface area contributed by atoms with Crippen LogP contribution in [0.15, 0.2) is 16.8 Å². The molecule has 0 radical (unpaired) electrons. The fourth-order valence-corrected chi connectivity index (χ4v) is 0.869. The Kier molecular flexibility index (Phi) is 1.80. The van der Waals surface area contributed by atoms with Crippen molar-refractivity contribution in [1.29, 1.82) is 0 Å². The van der Waals surface area contributed by atoms with Crippen LogP contribution in [0.4, 0.5) is 0 Å². The first-order valence-corrected chi connectivity index (χ1v) is 3.08. The molecule has 0 spiro atoms. The molecule has 0 aromatic rings. The Morgan fingerprint density at radius 2 is 2.50 bits per heavy atom. The highest BCUT2D eigenvalue weighted by atomic mass is 16.6. The number of dihydropyridines is 1. The zero-order chi connectivity index (χ0) is 7.56. The molecule has 0 atom stereocenters. The summed E-state index contributed by atoms with van der Waals surface area (Å²) in [5, 5.41) is 10.2. The molecule has 4 nitrogen and oxygen atoms in total. The molecule has 1 rings (SSSR count). The highest BCUT2D eigenvalue weighted by molar-refractivity contribution is 5.96. The molecule has 0 bridgehead atoms. The number of rotatable bonds is 1. The number of hydrogen-bond donors (Lipinski definition) is 0. The second-order valence-electron chi connectivity index (χ2n) is 2.10. The van der Waals surface area contributed by atoms with Gasteiger partial charge >= 0.3 is 0 Å². The summed E-state index contributed by atoms with van der Waals surface area (Å²) in [6, 6.07) is 0. The lowest BCUT2D eigenvalue weighted by molar-refractivity contribution is -0.415. The van der Waals surface area contributed by atoms with Crippen molar-refractivity contribution in [3.05, 3.63) is 21.9 Å². The topological polar surface area (TPSA) is 55.5 Å². The minimum atomic E-state index is -0.391. The van der Waals surface area contributed by atoms with Gasteiger partial charge in [0.05, 0.1) is 4.92 Å². The Hall–Kier alpha value is -1.19. The van der Waals surface area contributed by atoms with E-state index in [0.717, 1.165) is 0 Å². The second-order valence-corrected chi connectivity index (χ2v) is 2.10. The van der Waals surface area contributed by atoms with Gasteiger partial charge in [-0.05, 0) is 19.4 Å². The minimum Gasteiger partial charge on any atom is -0.283 e. The summed E-state index contributed by atoms with van der Waals surface area (Å²) in [5.74, 6) is 0. The molecule has 1 heterocycles. The Labute approximate surface area is 58.4 Å². The van der Waals surface area contributed by atoms with Gasteiger partial charge < -0.3 is 0 Å². The fraction of sp³-hybridized carbons (Fsp3) is 0.500. The maximum Gasteiger partial charge on any atom is 0.286 e. The van der Waals surface area contributed by atoms with Crippen LogP contribution >= 0.6 is 0 Å². The molecule has 1 aliphatic heterocycles. The van der Waals surface area contributed by atoms with Gasteiger partial charge in [0.1, 0.15) is 5.71 Å². The highest BCUT2D eigenvalue weighted by Crippen LogP contribution is 2.06. The molecule has 0 aromatic carbocycles. The molecule has 54 valence electrons. The zero-order valence-electron chi connectivity index (χ0n) is 5.70. The summed E-state index contributed by atoms with van der Waals surface area (Å²) >= 11 is 0. The Morgan fingerprint density at radius 3 is 2.90 bits per heavy atom. The van der Waals surface area contributed by atoms with Crippen molar-refractivity contribution in [2.75, 3.05) is 6.54 Å². The van der Waals surface area contributed by atoms with E-state index in [0.29, 0.717) is 18.7 Å². The third kappa shape index (κ3) is 1.21. The molecule has 0 unspecified atom stereocenters. The third-order valence-electron chi connectivity index (χ3n) is 1.38. The van der Waals surface area contributed by atoms with Gasteiger partial charge in [-0.15, -0.1) is 0 Å². The number of hydrogen-bond acceptors (Lipinski definition) is 3. The van der Waals surface area contributed by atoms with Gasteiger partial charge in [-0.1, -0.05) is 0 Å². The van der Waals surface area contributed by atoms with Crippen LogP contribution < -0.4 is 0 Å². The zero-order valence-corrected chi connectivity index (χ0v) is 5.70. The summed E-state index contributed by atoms with van der Waals surface area (Å²) in [6.07, 6.45) is 2.30. The number of nitrogens with zero attached hydrogens (tertiary/aromatic N) is 2. The lowest BCUT2D eigenvalue weighted by Gasteiger charge is -2.02. The fourth-order valence-electron chi connectivity index (χ4n) is 0.869. The van der Waals surface area contributed by atoms with Crippen LogP contribution in [0.1, 0.15) is 13.3 Å². The van der Waals surface area contributed by atoms with Crippen molar-refractivity contribution in [3.8, 4) is 0 Å². The van der Waals surface area contributed by atoms with E-state index in [9.17, 15) is 10.1 Å². The summed E-state index contributed by atoms with van der Waals surface area (Å²) in [7, 11) is 0. The molecular formula is C6H8N2O2. The van der Waals surface area contributed by atoms with E-state index in [2.05, 4.69) is 4.99 Å². The van der Waals surface area contributed by atoms with Gasteiger partial charge in [0.15, 0.2) is 0 Å². The van der Waals surface area contributed by atoms with Gasteiger partial charge in [-0.25, -0.2) is 0 Å². The van der Waals surface area contributed by atoms with Crippen molar-refractivity contribution in [2.45, 2.75) is 13.3 Å². The number of aliphatic imine (C=N–C) groups is 1. The van der Waals surface area contributed by atoms with E-state index in [1.807, 2.05) is 0 Å². The first kappa shape index (κ1) is 6.92. The van der Waals surface area contributed by atoms with Crippen LogP contribution in [0.25, 0.3) is 0 Å². The predicted molar refractivity (Wildman–Crippen MR) is 37.7 cm³/mol. The van der Waals surface area contributed by atoms with Crippen LogP contribution in [0.2, 0.25) is 0 Å². The number of allylic oxidation sites excluding steroid dienone is 1. The van der Waals surface area contributed by atoms with E-state index >= 15 is 0 Å². The van der Waals surface area contributed by atoms with Crippen LogP contribution in [-0.4, -0.2) is 17.2 Å². The van der Waals surface area contributed by atoms with E-state index in [1.54, 1.807) is 13.0 Å². The van der Waals surface area contributed by atoms with Gasteiger partial charge in [0.25, 0.3) is 5.70 Å². The van der Waals surface area contributed by atoms with E-state index in [4.69, 9.17) is 0 Å². The third-order valence-corrected chi connectivity index (χ3v) is 1.38. The summed E-state index contributed by atoms with van der Waals surface area (Å²) < 4.78 is 0. The molecular weight excluding hydrogens is 132 g/mol. The summed E-state index contributed by atoms with van der Waals surface area (Å²) in [4.78, 5) is 13.8. The maximum atomic E-state index is 10.2. The normalized spacial score (nSPS) is 17.7. The molecule has 0 saturated carbocycles. The first-order chi connectivity index (χ1) is 4.72. The molecule has 0 fully saturated rings. The molecule has 10 heavy (non-hydrogen) atoms. The van der Waals surface area contributed by atoms with Gasteiger partial charge in [-0.3, -0.25) is 15.1 Å². The van der Waals surface area contributed by atoms with Crippen molar-refractivity contribution < 1.29 is 4.92 Å². The molecule has 0 N–H and O–H groups in total. The molecule has 4 heteroatoms. The molecule has 0 aliphatic carbocycles. The van der Waals surface area contributed by atoms with Crippen LogP contribution in [0, 0.1) is 10.1 Å². The van der Waals surface area contributed by atoms with E-state index < -0.39 is 4.92 Å². The van der Waals surface area contributed by atoms with E-state index in [1.165, 1.54) is 0 Å². The standard InChI is InChI=1S/C6H8N2O2/c1-5-6(8(9)10)3-2-4-7-5/h3H,2,4H2,1H3. The van der Waals surface area contributed by atoms with Gasteiger partial charge in [0.2, 0.25) is 0 Å². The molecule has 1 aliphatic rings. The second kappa shape index (κ2) is 2.60. The predicted octanol–water partition coefficient (Wildman–Crippen LogP) is 1.01. The monoisotopic (exact) mass is 140 g/mol. The molecule has 0 amide bonds. The SMILES string of the molecule is CC1=NCCC=C1[N+](=O)[O-]. The Morgan fingerprint density at radius 1 is 1.80 bits per heavy atom. The Bertz CT molecular complexity index is 218. The molecule has 0 aromatic heterocycles. The van der Waals surface area contributed by atoms with Crippen LogP contribution in [0.3, 0.4) is 0 Å². The smallest absolute Gasteiger partial charge is 0.283 e. The van der Waals surface area contributed by atoms with Gasteiger partial charge in [0, 0.05) is 6.54 Å². The Balaban J connectivity index is 2.84.